The van der Waals surface area contributed by atoms with Crippen molar-refractivity contribution in [1.29, 1.82) is 0 Å². The second-order valence-electron chi connectivity index (χ2n) is 5.98. The Morgan fingerprint density at radius 3 is 2.37 bits per heavy atom. The molecule has 1 aromatic rings. The third kappa shape index (κ3) is 4.73. The molecular weight excluding hydrogens is 268 g/mol. The maximum atomic E-state index is 13.3. The topological polar surface area (TPSA) is 12.0 Å². The van der Waals surface area contributed by atoms with Crippen LogP contribution in [0.25, 0.3) is 0 Å². The molecule has 0 bridgehead atoms. The lowest BCUT2D eigenvalue weighted by molar-refractivity contribution is 0.436. The van der Waals surface area contributed by atoms with Crippen LogP contribution in [-0.4, -0.2) is 13.1 Å². The first-order valence-electron chi connectivity index (χ1n) is 6.60. The fourth-order valence-corrected chi connectivity index (χ4v) is 2.37. The summed E-state index contributed by atoms with van der Waals surface area (Å²) in [6, 6.07) is 2.26. The van der Waals surface area contributed by atoms with E-state index in [4.69, 9.17) is 11.6 Å². The summed E-state index contributed by atoms with van der Waals surface area (Å²) < 4.78 is 26.4. The van der Waals surface area contributed by atoms with Crippen molar-refractivity contribution in [3.63, 3.8) is 0 Å². The van der Waals surface area contributed by atoms with Crippen LogP contribution < -0.4 is 5.32 Å². The third-order valence-electron chi connectivity index (χ3n) is 3.22. The molecule has 0 aromatic heterocycles. The molecule has 4 heteroatoms. The van der Waals surface area contributed by atoms with Crippen LogP contribution in [0.4, 0.5) is 8.78 Å². The molecule has 0 amide bonds. The summed E-state index contributed by atoms with van der Waals surface area (Å²) >= 11 is 6.02. The van der Waals surface area contributed by atoms with Crippen LogP contribution >= 0.6 is 11.6 Å². The van der Waals surface area contributed by atoms with Crippen molar-refractivity contribution in [2.45, 2.75) is 39.5 Å². The van der Waals surface area contributed by atoms with Gasteiger partial charge in [0, 0.05) is 5.02 Å². The smallest absolute Gasteiger partial charge is 0.160 e. The van der Waals surface area contributed by atoms with E-state index in [-0.39, 0.29) is 10.4 Å². The molecule has 19 heavy (non-hydrogen) atoms. The lowest BCUT2D eigenvalue weighted by Gasteiger charge is -2.27. The summed E-state index contributed by atoms with van der Waals surface area (Å²) in [5, 5.41) is 3.63. The van der Waals surface area contributed by atoms with Crippen molar-refractivity contribution in [3.8, 4) is 0 Å². The maximum absolute atomic E-state index is 13.3. The predicted octanol–water partition coefficient (Wildman–Crippen LogP) is 4.53. The normalized spacial score (nSPS) is 12.2. The van der Waals surface area contributed by atoms with E-state index in [1.54, 1.807) is 0 Å². The SMILES string of the molecule is CC(C)CNCCC(C)(C)c1cc(F)c(F)cc1Cl. The van der Waals surface area contributed by atoms with Crippen molar-refractivity contribution >= 4 is 11.6 Å². The lowest BCUT2D eigenvalue weighted by Crippen LogP contribution is -2.28. The second kappa shape index (κ2) is 6.67. The third-order valence-corrected chi connectivity index (χ3v) is 3.53. The highest BCUT2D eigenvalue weighted by atomic mass is 35.5. The number of rotatable bonds is 6. The van der Waals surface area contributed by atoms with Crippen LogP contribution in [0, 0.1) is 17.6 Å². The largest absolute Gasteiger partial charge is 0.316 e. The van der Waals surface area contributed by atoms with Crippen LogP contribution in [0.1, 0.15) is 39.7 Å². The van der Waals surface area contributed by atoms with E-state index in [1.165, 1.54) is 6.07 Å². The van der Waals surface area contributed by atoms with E-state index >= 15 is 0 Å². The van der Waals surface area contributed by atoms with Crippen LogP contribution in [0.2, 0.25) is 5.02 Å². The van der Waals surface area contributed by atoms with Crippen LogP contribution in [0.3, 0.4) is 0 Å². The molecule has 0 unspecified atom stereocenters. The first-order valence-corrected chi connectivity index (χ1v) is 6.97. The Bertz CT molecular complexity index is 430. The Balaban J connectivity index is 2.74. The molecule has 0 aliphatic rings. The van der Waals surface area contributed by atoms with Crippen molar-refractivity contribution < 1.29 is 8.78 Å². The lowest BCUT2D eigenvalue weighted by atomic mass is 9.81. The van der Waals surface area contributed by atoms with Gasteiger partial charge in [0.15, 0.2) is 11.6 Å². The number of halogens is 3. The standard InChI is InChI=1S/C15H22ClF2N/c1-10(2)9-19-6-5-15(3,4)11-7-13(17)14(18)8-12(11)16/h7-8,10,19H,5-6,9H2,1-4H3. The Kier molecular flexibility index (Phi) is 5.75. The molecular formula is C15H22ClF2N. The predicted molar refractivity (Wildman–Crippen MR) is 76.7 cm³/mol. The Morgan fingerprint density at radius 2 is 1.79 bits per heavy atom. The van der Waals surface area contributed by atoms with Crippen molar-refractivity contribution in [2.24, 2.45) is 5.92 Å². The highest BCUT2D eigenvalue weighted by molar-refractivity contribution is 6.31. The quantitative estimate of drug-likeness (QED) is 0.599. The zero-order valence-electron chi connectivity index (χ0n) is 12.0. The number of benzene rings is 1. The van der Waals surface area contributed by atoms with Gasteiger partial charge in [-0.3, -0.25) is 0 Å². The summed E-state index contributed by atoms with van der Waals surface area (Å²) in [4.78, 5) is 0. The molecule has 0 aliphatic carbocycles. The molecule has 0 fully saturated rings. The Hall–Kier alpha value is -0.670. The van der Waals surface area contributed by atoms with Gasteiger partial charge in [0.1, 0.15) is 0 Å². The maximum Gasteiger partial charge on any atom is 0.160 e. The van der Waals surface area contributed by atoms with Gasteiger partial charge in [-0.25, -0.2) is 8.78 Å². The monoisotopic (exact) mass is 289 g/mol. The fourth-order valence-electron chi connectivity index (χ4n) is 1.97. The van der Waals surface area contributed by atoms with E-state index in [0.29, 0.717) is 11.5 Å². The van der Waals surface area contributed by atoms with Crippen LogP contribution in [0.5, 0.6) is 0 Å². The molecule has 0 heterocycles. The van der Waals surface area contributed by atoms with Gasteiger partial charge in [-0.15, -0.1) is 0 Å². The molecule has 0 aliphatic heterocycles. The molecule has 1 aromatic carbocycles. The average Bonchev–Trinajstić information content (AvgIpc) is 2.29. The minimum absolute atomic E-state index is 0.285. The zero-order valence-corrected chi connectivity index (χ0v) is 12.7. The highest BCUT2D eigenvalue weighted by Crippen LogP contribution is 2.33. The van der Waals surface area contributed by atoms with Gasteiger partial charge in [-0.2, -0.15) is 0 Å². The minimum atomic E-state index is -0.900. The molecule has 1 N–H and O–H groups in total. The van der Waals surface area contributed by atoms with Crippen molar-refractivity contribution in [1.82, 2.24) is 5.32 Å². The molecule has 0 spiro atoms. The van der Waals surface area contributed by atoms with Crippen LogP contribution in [0.15, 0.2) is 12.1 Å². The van der Waals surface area contributed by atoms with Crippen molar-refractivity contribution in [3.05, 3.63) is 34.4 Å². The first-order chi connectivity index (χ1) is 8.74. The second-order valence-corrected chi connectivity index (χ2v) is 6.39. The van der Waals surface area contributed by atoms with E-state index in [1.807, 2.05) is 13.8 Å². The van der Waals surface area contributed by atoms with Gasteiger partial charge < -0.3 is 5.32 Å². The fraction of sp³-hybridized carbons (Fsp3) is 0.600. The molecule has 1 nitrogen and oxygen atoms in total. The molecule has 0 radical (unpaired) electrons. The van der Waals surface area contributed by atoms with E-state index in [0.717, 1.165) is 25.6 Å². The van der Waals surface area contributed by atoms with Gasteiger partial charge in [-0.1, -0.05) is 39.3 Å². The van der Waals surface area contributed by atoms with Gasteiger partial charge in [0.2, 0.25) is 0 Å². The van der Waals surface area contributed by atoms with Gasteiger partial charge >= 0.3 is 0 Å². The van der Waals surface area contributed by atoms with Crippen LogP contribution in [-0.2, 0) is 5.41 Å². The molecule has 0 saturated carbocycles. The Labute approximate surface area is 119 Å². The summed E-state index contributed by atoms with van der Waals surface area (Å²) in [7, 11) is 0. The molecule has 0 saturated heterocycles. The van der Waals surface area contributed by atoms with Gasteiger partial charge in [-0.05, 0) is 48.5 Å². The molecule has 0 atom stereocenters. The Morgan fingerprint density at radius 1 is 1.21 bits per heavy atom. The zero-order chi connectivity index (χ0) is 14.6. The van der Waals surface area contributed by atoms with Gasteiger partial charge in [0.05, 0.1) is 0 Å². The summed E-state index contributed by atoms with van der Waals surface area (Å²) in [5.41, 5.74) is 0.356. The number of nitrogens with one attached hydrogen (secondary N) is 1. The number of hydrogen-bond donors (Lipinski definition) is 1. The summed E-state index contributed by atoms with van der Waals surface area (Å²) in [5.74, 6) is -1.15. The highest BCUT2D eigenvalue weighted by Gasteiger charge is 2.24. The number of hydrogen-bond acceptors (Lipinski definition) is 1. The summed E-state index contributed by atoms with van der Waals surface area (Å²) in [6.07, 6.45) is 0.810. The van der Waals surface area contributed by atoms with E-state index < -0.39 is 11.6 Å². The molecule has 108 valence electrons. The van der Waals surface area contributed by atoms with E-state index in [9.17, 15) is 8.78 Å². The van der Waals surface area contributed by atoms with Gasteiger partial charge in [0.25, 0.3) is 0 Å². The first kappa shape index (κ1) is 16.4. The minimum Gasteiger partial charge on any atom is -0.316 e. The summed E-state index contributed by atoms with van der Waals surface area (Å²) in [6.45, 7) is 10.0. The average molecular weight is 290 g/mol. The van der Waals surface area contributed by atoms with Crippen molar-refractivity contribution in [2.75, 3.05) is 13.1 Å². The molecule has 1 rings (SSSR count). The van der Waals surface area contributed by atoms with E-state index in [2.05, 4.69) is 19.2 Å².